The summed E-state index contributed by atoms with van der Waals surface area (Å²) in [5.74, 6) is -1.03. The molecule has 0 aliphatic rings. The van der Waals surface area contributed by atoms with Gasteiger partial charge in [-0.3, -0.25) is 9.48 Å². The average Bonchev–Trinajstić information content (AvgIpc) is 3.35. The topological polar surface area (TPSA) is 83.6 Å². The summed E-state index contributed by atoms with van der Waals surface area (Å²) in [6.07, 6.45) is 0. The zero-order chi connectivity index (χ0) is 20.5. The van der Waals surface area contributed by atoms with Crippen molar-refractivity contribution in [1.29, 1.82) is 5.26 Å². The number of halogens is 1. The third-order valence-electron chi connectivity index (χ3n) is 4.61. The number of carbonyl (C=O) groups excluding carboxylic acids is 1. The summed E-state index contributed by atoms with van der Waals surface area (Å²) in [6, 6.07) is 12.3. The smallest absolute Gasteiger partial charge is 0.253 e. The van der Waals surface area contributed by atoms with Gasteiger partial charge in [0.15, 0.2) is 5.65 Å². The first kappa shape index (κ1) is 18.8. The largest absolute Gasteiger partial charge is 0.332 e. The van der Waals surface area contributed by atoms with E-state index in [1.807, 2.05) is 23.6 Å². The number of hydrogen-bond acceptors (Lipinski definition) is 5. The molecule has 1 amide bonds. The van der Waals surface area contributed by atoms with Crippen molar-refractivity contribution in [3.8, 4) is 16.6 Å². The molecular formula is C21H16FN5OS. The second-order valence-corrected chi connectivity index (χ2v) is 7.44. The van der Waals surface area contributed by atoms with E-state index in [-0.39, 0.29) is 5.56 Å². The number of aromatic nitrogens is 3. The Kier molecular flexibility index (Phi) is 4.82. The molecule has 4 rings (SSSR count). The van der Waals surface area contributed by atoms with Crippen LogP contribution in [-0.4, -0.2) is 20.7 Å². The maximum atomic E-state index is 14.1. The maximum Gasteiger partial charge on any atom is 0.253 e. The second kappa shape index (κ2) is 7.45. The molecule has 0 aliphatic carbocycles. The highest BCUT2D eigenvalue weighted by Crippen LogP contribution is 2.29. The molecule has 4 aromatic rings. The molecule has 0 saturated heterocycles. The van der Waals surface area contributed by atoms with Crippen molar-refractivity contribution in [3.05, 3.63) is 70.5 Å². The maximum absolute atomic E-state index is 14.1. The van der Waals surface area contributed by atoms with Crippen LogP contribution in [0.15, 0.2) is 47.8 Å². The van der Waals surface area contributed by atoms with E-state index in [9.17, 15) is 14.4 Å². The van der Waals surface area contributed by atoms with Crippen LogP contribution < -0.4 is 5.32 Å². The molecule has 29 heavy (non-hydrogen) atoms. The number of nitrogens with one attached hydrogen (secondary N) is 1. The van der Waals surface area contributed by atoms with Gasteiger partial charge in [-0.2, -0.15) is 10.4 Å². The van der Waals surface area contributed by atoms with E-state index in [1.54, 1.807) is 30.8 Å². The Bertz CT molecular complexity index is 1260. The third-order valence-corrected chi connectivity index (χ3v) is 5.50. The molecule has 1 atom stereocenters. The molecule has 1 aromatic carbocycles. The van der Waals surface area contributed by atoms with Gasteiger partial charge < -0.3 is 5.32 Å². The minimum absolute atomic E-state index is 0.120. The lowest BCUT2D eigenvalue weighted by Gasteiger charge is -2.14. The molecule has 1 N–H and O–H groups in total. The van der Waals surface area contributed by atoms with Crippen LogP contribution in [0.2, 0.25) is 0 Å². The van der Waals surface area contributed by atoms with Crippen LogP contribution >= 0.6 is 11.3 Å². The first-order valence-corrected chi connectivity index (χ1v) is 9.70. The third kappa shape index (κ3) is 3.37. The van der Waals surface area contributed by atoms with E-state index in [4.69, 9.17) is 0 Å². The van der Waals surface area contributed by atoms with E-state index >= 15 is 0 Å². The summed E-state index contributed by atoms with van der Waals surface area (Å²) in [7, 11) is 1.76. The number of pyridine rings is 1. The SMILES string of the molecule is Cc1nn(C)c2nc(-c3cccs3)cc(C(=O)NC(C#N)c3ccccc3F)c12. The quantitative estimate of drug-likeness (QED) is 0.553. The molecule has 144 valence electrons. The van der Waals surface area contributed by atoms with Gasteiger partial charge in [-0.1, -0.05) is 24.3 Å². The number of aryl methyl sites for hydroxylation is 2. The van der Waals surface area contributed by atoms with Crippen molar-refractivity contribution in [2.24, 2.45) is 7.05 Å². The molecule has 0 fully saturated rings. The van der Waals surface area contributed by atoms with Crippen molar-refractivity contribution < 1.29 is 9.18 Å². The van der Waals surface area contributed by atoms with E-state index in [2.05, 4.69) is 15.4 Å². The molecule has 0 spiro atoms. The Morgan fingerprint density at radius 2 is 2.10 bits per heavy atom. The van der Waals surface area contributed by atoms with Crippen LogP contribution in [0.3, 0.4) is 0 Å². The Hall–Kier alpha value is -3.57. The summed E-state index contributed by atoms with van der Waals surface area (Å²) in [4.78, 5) is 18.7. The first-order valence-electron chi connectivity index (χ1n) is 8.82. The molecule has 3 heterocycles. The summed E-state index contributed by atoms with van der Waals surface area (Å²) < 4.78 is 15.7. The van der Waals surface area contributed by atoms with Gasteiger partial charge >= 0.3 is 0 Å². The first-order chi connectivity index (χ1) is 14.0. The van der Waals surface area contributed by atoms with Crippen LogP contribution in [0.25, 0.3) is 21.6 Å². The predicted molar refractivity (Wildman–Crippen MR) is 109 cm³/mol. The van der Waals surface area contributed by atoms with Crippen molar-refractivity contribution in [3.63, 3.8) is 0 Å². The lowest BCUT2D eigenvalue weighted by atomic mass is 10.0. The van der Waals surface area contributed by atoms with Crippen LogP contribution in [0.4, 0.5) is 4.39 Å². The Morgan fingerprint density at radius 1 is 1.31 bits per heavy atom. The minimum atomic E-state index is -1.12. The molecule has 1 unspecified atom stereocenters. The second-order valence-electron chi connectivity index (χ2n) is 6.50. The van der Waals surface area contributed by atoms with Gasteiger partial charge in [0.1, 0.15) is 11.9 Å². The van der Waals surface area contributed by atoms with Gasteiger partial charge in [-0.05, 0) is 30.5 Å². The van der Waals surface area contributed by atoms with E-state index in [0.717, 1.165) is 4.88 Å². The minimum Gasteiger partial charge on any atom is -0.332 e. The van der Waals surface area contributed by atoms with Crippen molar-refractivity contribution in [2.75, 3.05) is 0 Å². The zero-order valence-corrected chi connectivity index (χ0v) is 16.5. The lowest BCUT2D eigenvalue weighted by Crippen LogP contribution is -2.28. The molecule has 0 bridgehead atoms. The lowest BCUT2D eigenvalue weighted by molar-refractivity contribution is 0.0946. The van der Waals surface area contributed by atoms with Gasteiger partial charge in [-0.15, -0.1) is 11.3 Å². The van der Waals surface area contributed by atoms with Crippen LogP contribution in [-0.2, 0) is 7.05 Å². The number of amides is 1. The fraction of sp³-hybridized carbons (Fsp3) is 0.143. The number of thiophene rings is 1. The number of rotatable bonds is 4. The zero-order valence-electron chi connectivity index (χ0n) is 15.7. The standard InChI is InChI=1S/C21H16FN5OS/c1-12-19-14(21(28)25-17(11-23)13-6-3-4-7-15(13)22)10-16(18-8-5-9-29-18)24-20(19)27(2)26-12/h3-10,17H,1-2H3,(H,25,28). The summed E-state index contributed by atoms with van der Waals surface area (Å²) >= 11 is 1.51. The number of hydrogen-bond donors (Lipinski definition) is 1. The van der Waals surface area contributed by atoms with Gasteiger partial charge in [0.2, 0.25) is 0 Å². The van der Waals surface area contributed by atoms with Crippen molar-refractivity contribution >= 4 is 28.3 Å². The monoisotopic (exact) mass is 405 g/mol. The predicted octanol–water partition coefficient (Wildman–Crippen LogP) is 4.14. The van der Waals surface area contributed by atoms with E-state index in [0.29, 0.717) is 28.0 Å². The molecule has 0 aliphatic heterocycles. The number of nitrogens with zero attached hydrogens (tertiary/aromatic N) is 4. The molecule has 6 nitrogen and oxygen atoms in total. The summed E-state index contributed by atoms with van der Waals surface area (Å²) in [6.45, 7) is 1.80. The normalized spacial score (nSPS) is 11.9. The van der Waals surface area contributed by atoms with Crippen molar-refractivity contribution in [1.82, 2.24) is 20.1 Å². The average molecular weight is 405 g/mol. The molecule has 0 radical (unpaired) electrons. The van der Waals surface area contributed by atoms with Gasteiger partial charge in [0.25, 0.3) is 5.91 Å². The number of fused-ring (bicyclic) bond motifs is 1. The Morgan fingerprint density at radius 3 is 2.79 bits per heavy atom. The van der Waals surface area contributed by atoms with E-state index in [1.165, 1.54) is 29.5 Å². The summed E-state index contributed by atoms with van der Waals surface area (Å²) in [5, 5.41) is 19.1. The van der Waals surface area contributed by atoms with Crippen LogP contribution in [0.1, 0.15) is 27.7 Å². The molecular weight excluding hydrogens is 389 g/mol. The van der Waals surface area contributed by atoms with Crippen LogP contribution in [0.5, 0.6) is 0 Å². The van der Waals surface area contributed by atoms with Gasteiger partial charge in [0, 0.05) is 12.6 Å². The highest BCUT2D eigenvalue weighted by atomic mass is 32.1. The molecule has 3 aromatic heterocycles. The molecule has 0 saturated carbocycles. The number of benzene rings is 1. The van der Waals surface area contributed by atoms with Crippen LogP contribution in [0, 0.1) is 24.1 Å². The molecule has 8 heteroatoms. The van der Waals surface area contributed by atoms with Gasteiger partial charge in [0.05, 0.1) is 33.3 Å². The Labute approximate surface area is 170 Å². The highest BCUT2D eigenvalue weighted by molar-refractivity contribution is 7.13. The Balaban J connectivity index is 1.81. The highest BCUT2D eigenvalue weighted by Gasteiger charge is 2.23. The number of carbonyl (C=O) groups is 1. The summed E-state index contributed by atoms with van der Waals surface area (Å²) in [5.41, 5.74) is 2.32. The fourth-order valence-corrected chi connectivity index (χ4v) is 3.96. The fourth-order valence-electron chi connectivity index (χ4n) is 3.27. The van der Waals surface area contributed by atoms with Crippen molar-refractivity contribution in [2.45, 2.75) is 13.0 Å². The number of nitriles is 1. The van der Waals surface area contributed by atoms with E-state index < -0.39 is 17.8 Å². The van der Waals surface area contributed by atoms with Gasteiger partial charge in [-0.25, -0.2) is 9.37 Å².